The maximum atomic E-state index is 11.0. The number of amides is 2. The van der Waals surface area contributed by atoms with Gasteiger partial charge in [0, 0.05) is 18.7 Å². The normalized spacial score (nSPS) is 14.9. The Kier molecular flexibility index (Phi) is 3.11. The molecule has 0 radical (unpaired) electrons. The quantitative estimate of drug-likeness (QED) is 0.257. The SMILES string of the molecule is O=C=NCCCN1C(=O)C=CC1=O. The molecule has 1 aliphatic rings. The summed E-state index contributed by atoms with van der Waals surface area (Å²) in [6, 6.07) is 0. The van der Waals surface area contributed by atoms with Crippen molar-refractivity contribution in [3.05, 3.63) is 12.2 Å². The van der Waals surface area contributed by atoms with Crippen LogP contribution < -0.4 is 0 Å². The van der Waals surface area contributed by atoms with Crippen LogP contribution >= 0.6 is 0 Å². The van der Waals surface area contributed by atoms with E-state index in [1.807, 2.05) is 0 Å². The number of hydrogen-bond donors (Lipinski definition) is 0. The van der Waals surface area contributed by atoms with E-state index in [-0.39, 0.29) is 11.8 Å². The first kappa shape index (κ1) is 9.35. The largest absolute Gasteiger partial charge is 0.275 e. The van der Waals surface area contributed by atoms with E-state index >= 15 is 0 Å². The van der Waals surface area contributed by atoms with Gasteiger partial charge in [0.05, 0.1) is 6.54 Å². The number of carbonyl (C=O) groups excluding carboxylic acids is 3. The van der Waals surface area contributed by atoms with E-state index < -0.39 is 0 Å². The van der Waals surface area contributed by atoms with Crippen molar-refractivity contribution in [3.63, 3.8) is 0 Å². The van der Waals surface area contributed by atoms with Crippen LogP contribution in [0.15, 0.2) is 17.1 Å². The first-order valence-corrected chi connectivity index (χ1v) is 3.83. The van der Waals surface area contributed by atoms with Gasteiger partial charge in [-0.25, -0.2) is 9.79 Å². The van der Waals surface area contributed by atoms with Crippen molar-refractivity contribution in [1.29, 1.82) is 0 Å². The Balaban J connectivity index is 2.33. The van der Waals surface area contributed by atoms with Crippen LogP contribution in [0.2, 0.25) is 0 Å². The zero-order chi connectivity index (χ0) is 9.68. The minimum atomic E-state index is -0.305. The van der Waals surface area contributed by atoms with Gasteiger partial charge in [0.2, 0.25) is 6.08 Å². The van der Waals surface area contributed by atoms with Crippen LogP contribution in [-0.2, 0) is 14.4 Å². The molecule has 0 aromatic heterocycles. The molecule has 0 spiro atoms. The Morgan fingerprint density at radius 3 is 2.46 bits per heavy atom. The minimum Gasteiger partial charge on any atom is -0.275 e. The van der Waals surface area contributed by atoms with Gasteiger partial charge in [-0.15, -0.1) is 0 Å². The third-order valence-corrected chi connectivity index (χ3v) is 1.62. The van der Waals surface area contributed by atoms with E-state index in [2.05, 4.69) is 4.99 Å². The van der Waals surface area contributed by atoms with Crippen molar-refractivity contribution in [3.8, 4) is 0 Å². The van der Waals surface area contributed by atoms with Crippen LogP contribution in [0, 0.1) is 0 Å². The standard InChI is InChI=1S/C8H8N2O3/c11-6-9-4-1-5-10-7(12)2-3-8(10)13/h2-3H,1,4-5H2. The molecule has 1 rings (SSSR count). The van der Waals surface area contributed by atoms with Gasteiger partial charge in [0.25, 0.3) is 11.8 Å². The summed E-state index contributed by atoms with van der Waals surface area (Å²) in [7, 11) is 0. The summed E-state index contributed by atoms with van der Waals surface area (Å²) in [5.74, 6) is -0.611. The van der Waals surface area contributed by atoms with Gasteiger partial charge in [-0.3, -0.25) is 14.5 Å². The zero-order valence-corrected chi connectivity index (χ0v) is 6.90. The molecular weight excluding hydrogens is 172 g/mol. The predicted molar refractivity (Wildman–Crippen MR) is 43.5 cm³/mol. The fourth-order valence-corrected chi connectivity index (χ4v) is 1.01. The average molecular weight is 180 g/mol. The Bertz CT molecular complexity index is 285. The molecule has 0 saturated heterocycles. The van der Waals surface area contributed by atoms with Crippen LogP contribution in [-0.4, -0.2) is 35.9 Å². The monoisotopic (exact) mass is 180 g/mol. The van der Waals surface area contributed by atoms with Gasteiger partial charge >= 0.3 is 0 Å². The van der Waals surface area contributed by atoms with Gasteiger partial charge in [-0.1, -0.05) is 0 Å². The highest BCUT2D eigenvalue weighted by Crippen LogP contribution is 2.03. The fourth-order valence-electron chi connectivity index (χ4n) is 1.01. The number of aliphatic imine (C=N–C) groups is 1. The summed E-state index contributed by atoms with van der Waals surface area (Å²) in [6.45, 7) is 0.594. The van der Waals surface area contributed by atoms with Gasteiger partial charge in [-0.05, 0) is 6.42 Å². The van der Waals surface area contributed by atoms with Crippen molar-refractivity contribution in [2.75, 3.05) is 13.1 Å². The Morgan fingerprint density at radius 1 is 1.31 bits per heavy atom. The fraction of sp³-hybridized carbons (Fsp3) is 0.375. The third kappa shape index (κ3) is 2.35. The predicted octanol–water partition coefficient (Wildman–Crippen LogP) is -0.363. The number of carbonyl (C=O) groups is 2. The van der Waals surface area contributed by atoms with E-state index in [9.17, 15) is 14.4 Å². The maximum Gasteiger partial charge on any atom is 0.253 e. The molecule has 0 aliphatic carbocycles. The lowest BCUT2D eigenvalue weighted by Gasteiger charge is -2.11. The lowest BCUT2D eigenvalue weighted by molar-refractivity contribution is -0.136. The van der Waals surface area contributed by atoms with E-state index in [1.165, 1.54) is 18.2 Å². The second kappa shape index (κ2) is 4.33. The molecule has 1 aliphatic heterocycles. The van der Waals surface area contributed by atoms with Crippen molar-refractivity contribution in [2.24, 2.45) is 4.99 Å². The molecule has 0 unspecified atom stereocenters. The first-order valence-electron chi connectivity index (χ1n) is 3.83. The van der Waals surface area contributed by atoms with Crippen molar-refractivity contribution in [1.82, 2.24) is 4.90 Å². The van der Waals surface area contributed by atoms with Gasteiger partial charge in [0.15, 0.2) is 0 Å². The lowest BCUT2D eigenvalue weighted by Crippen LogP contribution is -2.31. The molecule has 0 atom stereocenters. The number of rotatable bonds is 4. The van der Waals surface area contributed by atoms with Crippen molar-refractivity contribution >= 4 is 17.9 Å². The molecule has 13 heavy (non-hydrogen) atoms. The number of imide groups is 1. The van der Waals surface area contributed by atoms with Gasteiger partial charge < -0.3 is 0 Å². The van der Waals surface area contributed by atoms with Crippen LogP contribution in [0.3, 0.4) is 0 Å². The molecule has 68 valence electrons. The molecule has 0 bridgehead atoms. The summed E-state index contributed by atoms with van der Waals surface area (Å²) in [4.78, 5) is 36.0. The molecule has 0 N–H and O–H groups in total. The van der Waals surface area contributed by atoms with E-state index in [0.717, 1.165) is 4.90 Å². The summed E-state index contributed by atoms with van der Waals surface area (Å²) in [6.07, 6.45) is 4.34. The maximum absolute atomic E-state index is 11.0. The summed E-state index contributed by atoms with van der Waals surface area (Å²) < 4.78 is 0. The van der Waals surface area contributed by atoms with Crippen molar-refractivity contribution < 1.29 is 14.4 Å². The second-order valence-corrected chi connectivity index (χ2v) is 2.49. The highest BCUT2D eigenvalue weighted by Gasteiger charge is 2.21. The Morgan fingerprint density at radius 2 is 1.92 bits per heavy atom. The van der Waals surface area contributed by atoms with E-state index in [1.54, 1.807) is 0 Å². The van der Waals surface area contributed by atoms with E-state index in [0.29, 0.717) is 19.5 Å². The Labute approximate surface area is 74.7 Å². The molecule has 1 heterocycles. The molecule has 0 saturated carbocycles. The summed E-state index contributed by atoms with van der Waals surface area (Å²) in [5.41, 5.74) is 0. The molecule has 0 aromatic rings. The molecule has 2 amide bonds. The zero-order valence-electron chi connectivity index (χ0n) is 6.90. The third-order valence-electron chi connectivity index (χ3n) is 1.62. The van der Waals surface area contributed by atoms with Crippen LogP contribution in [0.1, 0.15) is 6.42 Å². The minimum absolute atomic E-state index is 0.292. The van der Waals surface area contributed by atoms with Gasteiger partial charge in [0.1, 0.15) is 0 Å². The molecule has 0 fully saturated rings. The second-order valence-electron chi connectivity index (χ2n) is 2.49. The van der Waals surface area contributed by atoms with Crippen molar-refractivity contribution in [2.45, 2.75) is 6.42 Å². The van der Waals surface area contributed by atoms with Crippen LogP contribution in [0.5, 0.6) is 0 Å². The van der Waals surface area contributed by atoms with Crippen LogP contribution in [0.4, 0.5) is 0 Å². The molecule has 5 heteroatoms. The average Bonchev–Trinajstić information content (AvgIpc) is 2.42. The molecule has 5 nitrogen and oxygen atoms in total. The smallest absolute Gasteiger partial charge is 0.253 e. The van der Waals surface area contributed by atoms with Crippen LogP contribution in [0.25, 0.3) is 0 Å². The highest BCUT2D eigenvalue weighted by atomic mass is 16.2. The number of nitrogens with zero attached hydrogens (tertiary/aromatic N) is 2. The topological polar surface area (TPSA) is 66.8 Å². The Hall–Kier alpha value is -1.74. The molecular formula is C8H8N2O3. The lowest BCUT2D eigenvalue weighted by atomic mass is 10.4. The van der Waals surface area contributed by atoms with Gasteiger partial charge in [-0.2, -0.15) is 0 Å². The summed E-state index contributed by atoms with van der Waals surface area (Å²) in [5, 5.41) is 0. The highest BCUT2D eigenvalue weighted by molar-refractivity contribution is 6.12. The number of hydrogen-bond acceptors (Lipinski definition) is 4. The molecule has 0 aromatic carbocycles. The van der Waals surface area contributed by atoms with E-state index in [4.69, 9.17) is 0 Å². The summed E-state index contributed by atoms with van der Waals surface area (Å²) >= 11 is 0. The first-order chi connectivity index (χ1) is 6.25. The number of isocyanates is 1.